The predicted molar refractivity (Wildman–Crippen MR) is 166 cm³/mol. The Morgan fingerprint density at radius 3 is 2.60 bits per heavy atom. The lowest BCUT2D eigenvalue weighted by Gasteiger charge is -2.45. The molecule has 15 heteroatoms. The molecule has 1 N–H and O–H groups in total. The number of piperidine rings is 1. The highest BCUT2D eigenvalue weighted by Gasteiger charge is 2.41. The van der Waals surface area contributed by atoms with Crippen LogP contribution < -0.4 is 10.1 Å². The fraction of sp³-hybridized carbons (Fsp3) is 0.400. The summed E-state index contributed by atoms with van der Waals surface area (Å²) >= 11 is 0.832. The first-order valence-electron chi connectivity index (χ1n) is 14.1. The van der Waals surface area contributed by atoms with Crippen molar-refractivity contribution in [3.8, 4) is 16.2 Å². The number of nitro groups is 1. The fourth-order valence-corrected chi connectivity index (χ4v) is 8.33. The van der Waals surface area contributed by atoms with Crippen LogP contribution in [0.5, 0.6) is 5.75 Å². The van der Waals surface area contributed by atoms with E-state index in [1.54, 1.807) is 37.3 Å². The Labute approximate surface area is 264 Å². The Kier molecular flexibility index (Phi) is 10.5. The summed E-state index contributed by atoms with van der Waals surface area (Å²) < 4.78 is 58.8. The van der Waals surface area contributed by atoms with Gasteiger partial charge in [-0.15, -0.1) is 11.3 Å². The van der Waals surface area contributed by atoms with E-state index in [2.05, 4.69) is 5.32 Å². The van der Waals surface area contributed by atoms with Crippen molar-refractivity contribution in [2.75, 3.05) is 32.2 Å². The molecule has 0 saturated carbocycles. The van der Waals surface area contributed by atoms with Crippen molar-refractivity contribution in [1.82, 2.24) is 4.31 Å². The fourth-order valence-electron chi connectivity index (χ4n) is 5.33. The first-order chi connectivity index (χ1) is 21.3. The minimum absolute atomic E-state index is 0.111. The van der Waals surface area contributed by atoms with Crippen LogP contribution in [0.1, 0.15) is 48.8 Å². The molecule has 0 spiro atoms. The largest absolute Gasteiger partial charge is 0.477 e. The first-order valence-corrected chi connectivity index (χ1v) is 16.5. The first kappa shape index (κ1) is 33.8. The van der Waals surface area contributed by atoms with E-state index in [0.29, 0.717) is 29.7 Å². The van der Waals surface area contributed by atoms with Crippen LogP contribution in [-0.2, 0) is 30.0 Å². The molecule has 2 aromatic carbocycles. The highest BCUT2D eigenvalue weighted by atomic mass is 32.2. The van der Waals surface area contributed by atoms with Gasteiger partial charge in [0, 0.05) is 35.9 Å². The van der Waals surface area contributed by atoms with Gasteiger partial charge in [0.1, 0.15) is 0 Å². The number of nitrogens with zero attached hydrogens (tertiary/aromatic N) is 2. The Morgan fingerprint density at radius 1 is 1.20 bits per heavy atom. The molecule has 1 aliphatic heterocycles. The van der Waals surface area contributed by atoms with Crippen molar-refractivity contribution < 1.29 is 41.5 Å². The number of nitrogens with one attached hydrogen (secondary N) is 1. The van der Waals surface area contributed by atoms with Crippen molar-refractivity contribution in [1.29, 1.82) is 0 Å². The third-order valence-corrected chi connectivity index (χ3v) is 10.4. The van der Waals surface area contributed by atoms with Gasteiger partial charge < -0.3 is 19.5 Å². The molecule has 242 valence electrons. The number of nitro benzene ring substituents is 1. The number of esters is 2. The van der Waals surface area contributed by atoms with Gasteiger partial charge in [0.05, 0.1) is 29.3 Å². The van der Waals surface area contributed by atoms with E-state index >= 15 is 4.39 Å². The molecule has 1 aliphatic rings. The second kappa shape index (κ2) is 13.9. The number of ether oxygens (including phenoxy) is 3. The summed E-state index contributed by atoms with van der Waals surface area (Å²) in [4.78, 5) is 34.7. The number of non-ortho nitro benzene ring substituents is 1. The average Bonchev–Trinajstić information content (AvgIpc) is 3.31. The van der Waals surface area contributed by atoms with Crippen LogP contribution in [0.15, 0.2) is 48.5 Å². The number of hydrogen-bond acceptors (Lipinski definition) is 11. The second-order valence-electron chi connectivity index (χ2n) is 11.0. The zero-order valence-corrected chi connectivity index (χ0v) is 26.8. The number of rotatable bonds is 12. The molecule has 1 atom stereocenters. The van der Waals surface area contributed by atoms with Gasteiger partial charge in [0.2, 0.25) is 10.0 Å². The molecule has 12 nitrogen and oxygen atoms in total. The number of carbonyl (C=O) groups is 2. The number of thiophene rings is 1. The second-order valence-corrected chi connectivity index (χ2v) is 13.9. The monoisotopic (exact) mass is 663 g/mol. The number of carbonyl (C=O) groups excluding carboxylic acids is 2. The Morgan fingerprint density at radius 2 is 1.93 bits per heavy atom. The maximum Gasteiger partial charge on any atom is 0.352 e. The average molecular weight is 664 g/mol. The Bertz CT molecular complexity index is 1690. The Hall–Kier alpha value is -4.08. The van der Waals surface area contributed by atoms with E-state index < -0.39 is 50.6 Å². The summed E-state index contributed by atoms with van der Waals surface area (Å²) in [6, 6.07) is 12.4. The van der Waals surface area contributed by atoms with Gasteiger partial charge in [-0.3, -0.25) is 10.1 Å². The van der Waals surface area contributed by atoms with Crippen LogP contribution in [-0.4, -0.2) is 68.0 Å². The van der Waals surface area contributed by atoms with Crippen molar-refractivity contribution in [2.45, 2.75) is 50.9 Å². The number of halogens is 1. The lowest BCUT2D eigenvalue weighted by atomic mass is 9.89. The van der Waals surface area contributed by atoms with E-state index in [1.807, 2.05) is 13.8 Å². The zero-order chi connectivity index (χ0) is 32.9. The molecule has 45 heavy (non-hydrogen) atoms. The number of sulfonamides is 1. The van der Waals surface area contributed by atoms with Gasteiger partial charge in [-0.1, -0.05) is 24.3 Å². The molecule has 3 aromatic rings. The molecule has 0 radical (unpaired) electrons. The summed E-state index contributed by atoms with van der Waals surface area (Å²) in [6.45, 7) is 5.05. The predicted octanol–water partition coefficient (Wildman–Crippen LogP) is 5.38. The number of benzene rings is 2. The third-order valence-electron chi connectivity index (χ3n) is 7.22. The lowest BCUT2D eigenvalue weighted by Crippen LogP contribution is -2.55. The molecule has 1 unspecified atom stereocenters. The van der Waals surface area contributed by atoms with Crippen molar-refractivity contribution >= 4 is 44.7 Å². The Balaban J connectivity index is 1.49. The van der Waals surface area contributed by atoms with Gasteiger partial charge in [0.15, 0.2) is 23.1 Å². The SMILES string of the molecule is CCOC(=O)COc1c(C(=O)OC)sc(-c2cccc(NC3CCN(S(=O)(=O)Cc4cccc([N+](=O)[O-])c4)C(C)(C)C3)c2)c1F. The summed E-state index contributed by atoms with van der Waals surface area (Å²) in [7, 11) is -2.63. The van der Waals surface area contributed by atoms with Crippen LogP contribution in [0.4, 0.5) is 15.8 Å². The highest BCUT2D eigenvalue weighted by molar-refractivity contribution is 7.88. The van der Waals surface area contributed by atoms with E-state index in [0.717, 1.165) is 18.4 Å². The van der Waals surface area contributed by atoms with E-state index in [9.17, 15) is 28.1 Å². The molecule has 2 heterocycles. The molecule has 0 bridgehead atoms. The quantitative estimate of drug-likeness (QED) is 0.152. The standard InChI is InChI=1S/C30H34FN3O9S2/c1-5-42-24(35)17-43-26-25(31)27(44-28(26)29(36)41-4)20-9-7-10-21(15-20)32-22-12-13-33(30(2,3)16-22)45(39,40)18-19-8-6-11-23(14-19)34(37)38/h6-11,14-15,22,32H,5,12-13,16-18H2,1-4H3. The summed E-state index contributed by atoms with van der Waals surface area (Å²) in [5, 5.41) is 14.6. The summed E-state index contributed by atoms with van der Waals surface area (Å²) in [6.07, 6.45) is 0.935. The van der Waals surface area contributed by atoms with Crippen molar-refractivity contribution in [3.05, 3.63) is 74.9 Å². The topological polar surface area (TPSA) is 154 Å². The van der Waals surface area contributed by atoms with Crippen LogP contribution in [0.25, 0.3) is 10.4 Å². The maximum atomic E-state index is 15.6. The van der Waals surface area contributed by atoms with Gasteiger partial charge >= 0.3 is 11.9 Å². The smallest absolute Gasteiger partial charge is 0.352 e. The van der Waals surface area contributed by atoms with Crippen LogP contribution in [0, 0.1) is 15.9 Å². The molecular weight excluding hydrogens is 629 g/mol. The number of hydrogen-bond donors (Lipinski definition) is 1. The molecule has 1 fully saturated rings. The van der Waals surface area contributed by atoms with Gasteiger partial charge in [0.25, 0.3) is 5.69 Å². The minimum Gasteiger partial charge on any atom is -0.477 e. The molecule has 1 saturated heterocycles. The van der Waals surface area contributed by atoms with E-state index in [1.165, 1.54) is 22.5 Å². The normalized spacial score (nSPS) is 16.5. The third kappa shape index (κ3) is 7.96. The minimum atomic E-state index is -3.79. The molecule has 0 aliphatic carbocycles. The van der Waals surface area contributed by atoms with Gasteiger partial charge in [-0.05, 0) is 56.9 Å². The van der Waals surface area contributed by atoms with Crippen LogP contribution in [0.3, 0.4) is 0 Å². The van der Waals surface area contributed by atoms with Crippen molar-refractivity contribution in [3.63, 3.8) is 0 Å². The summed E-state index contributed by atoms with van der Waals surface area (Å²) in [5.41, 5.74) is 0.504. The summed E-state index contributed by atoms with van der Waals surface area (Å²) in [5.74, 6) is -3.09. The maximum absolute atomic E-state index is 15.6. The molecule has 1 aromatic heterocycles. The number of anilines is 1. The highest BCUT2D eigenvalue weighted by Crippen LogP contribution is 2.42. The van der Waals surface area contributed by atoms with Gasteiger partial charge in [-0.25, -0.2) is 22.4 Å². The van der Waals surface area contributed by atoms with E-state index in [-0.39, 0.29) is 40.4 Å². The van der Waals surface area contributed by atoms with Crippen LogP contribution >= 0.6 is 11.3 Å². The zero-order valence-electron chi connectivity index (χ0n) is 25.2. The molecular formula is C30H34FN3O9S2. The van der Waals surface area contributed by atoms with Crippen LogP contribution in [0.2, 0.25) is 0 Å². The number of methoxy groups -OCH3 is 1. The van der Waals surface area contributed by atoms with Crippen molar-refractivity contribution in [2.24, 2.45) is 0 Å². The molecule has 4 rings (SSSR count). The molecule has 0 amide bonds. The van der Waals surface area contributed by atoms with Gasteiger partial charge in [-0.2, -0.15) is 4.31 Å². The van der Waals surface area contributed by atoms with E-state index in [4.69, 9.17) is 14.2 Å². The lowest BCUT2D eigenvalue weighted by molar-refractivity contribution is -0.384.